The molecular formula is C20H30N2O4. The standard InChI is InChI=1S/C20H30N2O4/c1-24-11-10-22-18-8-9-21(13-15(18)5-7-20(22)23)14-16-4-6-17(25-2)12-19(16)26-3/h4,6,12,15,18H,5,7-11,13-14H2,1-3H3/t15-,18+/m0/s1. The van der Waals surface area contributed by atoms with Gasteiger partial charge < -0.3 is 19.1 Å². The molecule has 3 rings (SSSR count). The van der Waals surface area contributed by atoms with Gasteiger partial charge in [0.15, 0.2) is 0 Å². The zero-order valence-corrected chi connectivity index (χ0v) is 16.1. The molecule has 1 aromatic rings. The summed E-state index contributed by atoms with van der Waals surface area (Å²) in [6.07, 6.45) is 2.67. The molecule has 2 saturated heterocycles. The highest BCUT2D eigenvalue weighted by Crippen LogP contribution is 2.33. The fourth-order valence-corrected chi connectivity index (χ4v) is 4.27. The van der Waals surface area contributed by atoms with Crippen molar-refractivity contribution in [3.63, 3.8) is 0 Å². The molecule has 0 unspecified atom stereocenters. The number of piperidine rings is 2. The Morgan fingerprint density at radius 1 is 1.15 bits per heavy atom. The second kappa shape index (κ2) is 8.73. The first kappa shape index (κ1) is 19.0. The van der Waals surface area contributed by atoms with Crippen molar-refractivity contribution in [3.05, 3.63) is 23.8 Å². The van der Waals surface area contributed by atoms with Crippen LogP contribution in [0, 0.1) is 5.92 Å². The van der Waals surface area contributed by atoms with Crippen LogP contribution in [0.15, 0.2) is 18.2 Å². The summed E-state index contributed by atoms with van der Waals surface area (Å²) in [6.45, 7) is 4.21. The Hall–Kier alpha value is -1.79. The highest BCUT2D eigenvalue weighted by molar-refractivity contribution is 5.77. The van der Waals surface area contributed by atoms with Gasteiger partial charge in [0.2, 0.25) is 5.91 Å². The number of amides is 1. The third kappa shape index (κ3) is 4.13. The summed E-state index contributed by atoms with van der Waals surface area (Å²) in [5, 5.41) is 0. The van der Waals surface area contributed by atoms with Crippen LogP contribution in [0.5, 0.6) is 11.5 Å². The molecule has 0 spiro atoms. The van der Waals surface area contributed by atoms with Crippen molar-refractivity contribution in [2.45, 2.75) is 31.8 Å². The fourth-order valence-electron chi connectivity index (χ4n) is 4.27. The summed E-state index contributed by atoms with van der Waals surface area (Å²) in [5.74, 6) is 2.51. The fraction of sp³-hybridized carbons (Fsp3) is 0.650. The van der Waals surface area contributed by atoms with Gasteiger partial charge in [-0.05, 0) is 24.8 Å². The summed E-state index contributed by atoms with van der Waals surface area (Å²) in [4.78, 5) is 16.8. The smallest absolute Gasteiger partial charge is 0.222 e. The van der Waals surface area contributed by atoms with E-state index in [0.717, 1.165) is 44.0 Å². The molecule has 1 amide bonds. The van der Waals surface area contributed by atoms with E-state index in [9.17, 15) is 4.79 Å². The van der Waals surface area contributed by atoms with Crippen LogP contribution in [-0.2, 0) is 16.1 Å². The Bertz CT molecular complexity index is 622. The molecule has 26 heavy (non-hydrogen) atoms. The van der Waals surface area contributed by atoms with Gasteiger partial charge in [-0.1, -0.05) is 6.07 Å². The number of likely N-dealkylation sites (tertiary alicyclic amines) is 2. The molecule has 2 aliphatic rings. The van der Waals surface area contributed by atoms with Crippen LogP contribution in [0.1, 0.15) is 24.8 Å². The van der Waals surface area contributed by atoms with Crippen molar-refractivity contribution < 1.29 is 19.0 Å². The lowest BCUT2D eigenvalue weighted by molar-refractivity contribution is -0.142. The van der Waals surface area contributed by atoms with Gasteiger partial charge in [0, 0.05) is 57.4 Å². The van der Waals surface area contributed by atoms with Crippen molar-refractivity contribution in [3.8, 4) is 11.5 Å². The number of benzene rings is 1. The van der Waals surface area contributed by atoms with Gasteiger partial charge in [0.1, 0.15) is 11.5 Å². The Balaban J connectivity index is 1.64. The SMILES string of the molecule is COCCN1C(=O)CC[C@H]2CN(Cc3ccc(OC)cc3OC)CC[C@H]21. The second-order valence-electron chi connectivity index (χ2n) is 7.15. The van der Waals surface area contributed by atoms with Gasteiger partial charge in [-0.25, -0.2) is 0 Å². The van der Waals surface area contributed by atoms with Crippen molar-refractivity contribution >= 4 is 5.91 Å². The van der Waals surface area contributed by atoms with E-state index >= 15 is 0 Å². The van der Waals surface area contributed by atoms with Crippen LogP contribution in [0.3, 0.4) is 0 Å². The monoisotopic (exact) mass is 362 g/mol. The van der Waals surface area contributed by atoms with Gasteiger partial charge in [-0.15, -0.1) is 0 Å². The predicted molar refractivity (Wildman–Crippen MR) is 99.5 cm³/mol. The molecule has 2 atom stereocenters. The van der Waals surface area contributed by atoms with E-state index in [4.69, 9.17) is 14.2 Å². The average Bonchev–Trinajstić information content (AvgIpc) is 2.67. The molecule has 0 saturated carbocycles. The molecule has 6 nitrogen and oxygen atoms in total. The third-order valence-corrected chi connectivity index (χ3v) is 5.65. The summed E-state index contributed by atoms with van der Waals surface area (Å²) in [5.41, 5.74) is 1.18. The maximum absolute atomic E-state index is 12.3. The number of hydrogen-bond acceptors (Lipinski definition) is 5. The Morgan fingerprint density at radius 3 is 2.73 bits per heavy atom. The van der Waals surface area contributed by atoms with Crippen molar-refractivity contribution in [1.82, 2.24) is 9.80 Å². The normalized spacial score (nSPS) is 23.7. The lowest BCUT2D eigenvalue weighted by Crippen LogP contribution is -2.56. The van der Waals surface area contributed by atoms with Crippen LogP contribution in [0.4, 0.5) is 0 Å². The molecule has 2 heterocycles. The molecule has 2 fully saturated rings. The summed E-state index contributed by atoms with van der Waals surface area (Å²) >= 11 is 0. The summed E-state index contributed by atoms with van der Waals surface area (Å²) in [7, 11) is 5.06. The molecule has 144 valence electrons. The van der Waals surface area contributed by atoms with E-state index < -0.39 is 0 Å². The number of hydrogen-bond donors (Lipinski definition) is 0. The van der Waals surface area contributed by atoms with Gasteiger partial charge in [-0.3, -0.25) is 9.69 Å². The molecule has 0 radical (unpaired) electrons. The van der Waals surface area contributed by atoms with Gasteiger partial charge in [-0.2, -0.15) is 0 Å². The Morgan fingerprint density at radius 2 is 2.00 bits per heavy atom. The number of carbonyl (C=O) groups is 1. The third-order valence-electron chi connectivity index (χ3n) is 5.65. The van der Waals surface area contributed by atoms with Crippen molar-refractivity contribution in [2.24, 2.45) is 5.92 Å². The number of rotatable bonds is 7. The average molecular weight is 362 g/mol. The predicted octanol–water partition coefficient (Wildman–Crippen LogP) is 2.16. The van der Waals surface area contributed by atoms with Gasteiger partial charge in [0.25, 0.3) is 0 Å². The van der Waals surface area contributed by atoms with Gasteiger partial charge in [0.05, 0.1) is 20.8 Å². The van der Waals surface area contributed by atoms with E-state index in [0.29, 0.717) is 31.5 Å². The molecule has 0 bridgehead atoms. The molecule has 2 aliphatic heterocycles. The zero-order chi connectivity index (χ0) is 18.5. The van der Waals surface area contributed by atoms with Crippen LogP contribution < -0.4 is 9.47 Å². The topological polar surface area (TPSA) is 51.2 Å². The minimum Gasteiger partial charge on any atom is -0.497 e. The van der Waals surface area contributed by atoms with Crippen molar-refractivity contribution in [1.29, 1.82) is 0 Å². The number of fused-ring (bicyclic) bond motifs is 1. The minimum atomic E-state index is 0.286. The first-order chi connectivity index (χ1) is 12.7. The van der Waals surface area contributed by atoms with E-state index in [2.05, 4.69) is 15.9 Å². The Kier molecular flexibility index (Phi) is 6.38. The van der Waals surface area contributed by atoms with Crippen LogP contribution >= 0.6 is 0 Å². The number of nitrogens with zero attached hydrogens (tertiary/aromatic N) is 2. The second-order valence-corrected chi connectivity index (χ2v) is 7.15. The Labute approximate surface area is 156 Å². The van der Waals surface area contributed by atoms with E-state index in [1.807, 2.05) is 12.1 Å². The summed E-state index contributed by atoms with van der Waals surface area (Å²) in [6, 6.07) is 6.36. The molecule has 0 aromatic heterocycles. The highest BCUT2D eigenvalue weighted by Gasteiger charge is 2.39. The molecule has 0 N–H and O–H groups in total. The molecule has 6 heteroatoms. The quantitative estimate of drug-likeness (QED) is 0.744. The lowest BCUT2D eigenvalue weighted by atomic mass is 9.83. The first-order valence-corrected chi connectivity index (χ1v) is 9.38. The first-order valence-electron chi connectivity index (χ1n) is 9.38. The van der Waals surface area contributed by atoms with Crippen molar-refractivity contribution in [2.75, 3.05) is 47.6 Å². The maximum atomic E-state index is 12.3. The van der Waals surface area contributed by atoms with E-state index in [1.165, 1.54) is 5.56 Å². The van der Waals surface area contributed by atoms with E-state index in [-0.39, 0.29) is 5.91 Å². The number of carbonyl (C=O) groups excluding carboxylic acids is 1. The molecule has 0 aliphatic carbocycles. The lowest BCUT2D eigenvalue weighted by Gasteiger charge is -2.47. The minimum absolute atomic E-state index is 0.286. The van der Waals surface area contributed by atoms with E-state index in [1.54, 1.807) is 21.3 Å². The maximum Gasteiger partial charge on any atom is 0.222 e. The number of ether oxygens (including phenoxy) is 3. The van der Waals surface area contributed by atoms with Crippen LogP contribution in [0.25, 0.3) is 0 Å². The number of methoxy groups -OCH3 is 3. The van der Waals surface area contributed by atoms with Gasteiger partial charge >= 0.3 is 0 Å². The highest BCUT2D eigenvalue weighted by atomic mass is 16.5. The molecular weight excluding hydrogens is 332 g/mol. The largest absolute Gasteiger partial charge is 0.497 e. The zero-order valence-electron chi connectivity index (χ0n) is 16.1. The molecule has 1 aromatic carbocycles. The van der Waals surface area contributed by atoms with Crippen LogP contribution in [0.2, 0.25) is 0 Å². The van der Waals surface area contributed by atoms with Crippen LogP contribution in [-0.4, -0.2) is 69.3 Å². The summed E-state index contributed by atoms with van der Waals surface area (Å²) < 4.78 is 16.0.